The number of hydrogen-bond donors (Lipinski definition) is 0. The molecule has 0 aliphatic rings. The molecule has 0 spiro atoms. The average Bonchev–Trinajstić information content (AvgIpc) is 2.19. The largest absolute Gasteiger partial charge is 0.481 e. The van der Waals surface area contributed by atoms with Crippen LogP contribution in [0.5, 0.6) is 0 Å². The van der Waals surface area contributed by atoms with Crippen molar-refractivity contribution in [3.05, 3.63) is 36.8 Å². The van der Waals surface area contributed by atoms with Crippen LogP contribution >= 0.6 is 0 Å². The predicted molar refractivity (Wildman–Crippen MR) is 54.5 cm³/mol. The molecule has 0 radical (unpaired) electrons. The third-order valence-electron chi connectivity index (χ3n) is 1.43. The van der Waals surface area contributed by atoms with Crippen molar-refractivity contribution in [2.45, 2.75) is 6.92 Å². The van der Waals surface area contributed by atoms with E-state index < -0.39 is 0 Å². The molecule has 0 aromatic heterocycles. The highest BCUT2D eigenvalue weighted by Crippen LogP contribution is 2.07. The van der Waals surface area contributed by atoms with Crippen molar-refractivity contribution in [1.82, 2.24) is 0 Å². The zero-order valence-corrected chi connectivity index (χ0v) is 8.33. The summed E-state index contributed by atoms with van der Waals surface area (Å²) in [5, 5.41) is 0. The van der Waals surface area contributed by atoms with Gasteiger partial charge in [0.25, 0.3) is 0 Å². The second kappa shape index (κ2) is 6.06. The fourth-order valence-electron chi connectivity index (χ4n) is 0.657. The van der Waals surface area contributed by atoms with E-state index in [2.05, 4.69) is 18.2 Å². The van der Waals surface area contributed by atoms with E-state index >= 15 is 0 Å². The van der Waals surface area contributed by atoms with E-state index in [1.165, 1.54) is 13.2 Å². The van der Waals surface area contributed by atoms with E-state index in [0.29, 0.717) is 11.8 Å². The number of hydrogen-bond acceptors (Lipinski definition) is 3. The molecule has 0 bridgehead atoms. The van der Waals surface area contributed by atoms with Gasteiger partial charge in [-0.15, -0.1) is 0 Å². The quantitative estimate of drug-likeness (QED) is 0.288. The lowest BCUT2D eigenvalue weighted by Crippen LogP contribution is -1.98. The Morgan fingerprint density at radius 3 is 2.08 bits per heavy atom. The SMILES string of the molecule is C=CC(=N/C(OC)=C(/C)C=C)OC. The van der Waals surface area contributed by atoms with Gasteiger partial charge in [-0.05, 0) is 13.0 Å². The molecule has 13 heavy (non-hydrogen) atoms. The minimum Gasteiger partial charge on any atom is -0.481 e. The molecule has 3 nitrogen and oxygen atoms in total. The molecule has 0 aromatic rings. The molecule has 0 aromatic carbocycles. The van der Waals surface area contributed by atoms with Gasteiger partial charge >= 0.3 is 0 Å². The van der Waals surface area contributed by atoms with Gasteiger partial charge in [0.2, 0.25) is 11.8 Å². The van der Waals surface area contributed by atoms with E-state index in [4.69, 9.17) is 9.47 Å². The van der Waals surface area contributed by atoms with Crippen LogP contribution in [-0.2, 0) is 9.47 Å². The number of allylic oxidation sites excluding steroid dienone is 2. The van der Waals surface area contributed by atoms with Crippen molar-refractivity contribution >= 4 is 5.90 Å². The highest BCUT2D eigenvalue weighted by Gasteiger charge is 1.99. The van der Waals surface area contributed by atoms with Gasteiger partial charge in [-0.3, -0.25) is 0 Å². The van der Waals surface area contributed by atoms with Crippen LogP contribution in [0.15, 0.2) is 41.8 Å². The van der Waals surface area contributed by atoms with E-state index in [-0.39, 0.29) is 0 Å². The average molecular weight is 181 g/mol. The van der Waals surface area contributed by atoms with Gasteiger partial charge in [0.1, 0.15) is 0 Å². The maximum atomic E-state index is 5.03. The van der Waals surface area contributed by atoms with Crippen molar-refractivity contribution in [2.75, 3.05) is 14.2 Å². The summed E-state index contributed by atoms with van der Waals surface area (Å²) in [6.45, 7) is 9.01. The minimum atomic E-state index is 0.415. The minimum absolute atomic E-state index is 0.415. The Bertz CT molecular complexity index is 252. The van der Waals surface area contributed by atoms with E-state index in [1.54, 1.807) is 13.2 Å². The molecular weight excluding hydrogens is 166 g/mol. The predicted octanol–water partition coefficient (Wildman–Crippen LogP) is 2.28. The summed E-state index contributed by atoms with van der Waals surface area (Å²) in [5.74, 6) is 0.893. The Labute approximate surface area is 79.1 Å². The molecule has 0 aliphatic heterocycles. The van der Waals surface area contributed by atoms with E-state index in [9.17, 15) is 0 Å². The molecule has 0 atom stereocenters. The number of ether oxygens (including phenoxy) is 2. The molecule has 3 heteroatoms. The normalized spacial score (nSPS) is 13.0. The van der Waals surface area contributed by atoms with Crippen LogP contribution in [-0.4, -0.2) is 20.1 Å². The first-order valence-corrected chi connectivity index (χ1v) is 3.82. The van der Waals surface area contributed by atoms with Crippen molar-refractivity contribution in [1.29, 1.82) is 0 Å². The molecule has 0 N–H and O–H groups in total. The summed E-state index contributed by atoms with van der Waals surface area (Å²) in [6, 6.07) is 0. The summed E-state index contributed by atoms with van der Waals surface area (Å²) >= 11 is 0. The van der Waals surface area contributed by atoms with Gasteiger partial charge in [0, 0.05) is 5.57 Å². The molecule has 0 saturated carbocycles. The first-order valence-electron chi connectivity index (χ1n) is 3.82. The second-order valence-electron chi connectivity index (χ2n) is 2.25. The zero-order valence-electron chi connectivity index (χ0n) is 8.33. The van der Waals surface area contributed by atoms with Gasteiger partial charge in [-0.1, -0.05) is 19.2 Å². The molecular formula is C10H15NO2. The Balaban J connectivity index is 4.90. The summed E-state index contributed by atoms with van der Waals surface area (Å²) in [4.78, 5) is 4.06. The molecule has 0 fully saturated rings. The summed E-state index contributed by atoms with van der Waals surface area (Å²) in [6.07, 6.45) is 3.17. The standard InChI is InChI=1S/C10H15NO2/c1-6-8(3)10(13-5)11-9(7-2)12-4/h6-7H,1-2H2,3-5H3/b10-8+,11-9?. The number of nitrogens with zero attached hydrogens (tertiary/aromatic N) is 1. The fraction of sp³-hybridized carbons (Fsp3) is 0.300. The molecule has 72 valence electrons. The van der Waals surface area contributed by atoms with Gasteiger partial charge in [-0.2, -0.15) is 4.99 Å². The zero-order chi connectivity index (χ0) is 10.3. The Hall–Kier alpha value is -1.51. The summed E-state index contributed by atoms with van der Waals surface area (Å²) in [5.41, 5.74) is 0.846. The topological polar surface area (TPSA) is 30.8 Å². The van der Waals surface area contributed by atoms with Crippen LogP contribution in [0.3, 0.4) is 0 Å². The summed E-state index contributed by atoms with van der Waals surface area (Å²) in [7, 11) is 3.07. The lowest BCUT2D eigenvalue weighted by Gasteiger charge is -2.04. The molecule has 0 unspecified atom stereocenters. The van der Waals surface area contributed by atoms with Gasteiger partial charge in [0.05, 0.1) is 14.2 Å². The maximum Gasteiger partial charge on any atom is 0.219 e. The van der Waals surface area contributed by atoms with Crippen molar-refractivity contribution in [3.8, 4) is 0 Å². The van der Waals surface area contributed by atoms with Crippen LogP contribution in [0, 0.1) is 0 Å². The van der Waals surface area contributed by atoms with E-state index in [1.807, 2.05) is 6.92 Å². The van der Waals surface area contributed by atoms with Gasteiger partial charge in [-0.25, -0.2) is 0 Å². The number of rotatable bonds is 4. The molecule has 0 rings (SSSR count). The fourth-order valence-corrected chi connectivity index (χ4v) is 0.657. The Kier molecular flexibility index (Phi) is 5.35. The third-order valence-corrected chi connectivity index (χ3v) is 1.43. The first kappa shape index (κ1) is 11.5. The molecule has 0 saturated heterocycles. The Morgan fingerprint density at radius 1 is 1.15 bits per heavy atom. The van der Waals surface area contributed by atoms with E-state index in [0.717, 1.165) is 5.57 Å². The van der Waals surface area contributed by atoms with Gasteiger partial charge in [0.15, 0.2) is 0 Å². The van der Waals surface area contributed by atoms with Crippen molar-refractivity contribution < 1.29 is 9.47 Å². The lowest BCUT2D eigenvalue weighted by atomic mass is 10.3. The summed E-state index contributed by atoms with van der Waals surface area (Å²) < 4.78 is 9.94. The molecule has 0 amide bonds. The molecule has 0 heterocycles. The van der Waals surface area contributed by atoms with Crippen LogP contribution in [0.4, 0.5) is 0 Å². The number of aliphatic imine (C=N–C) groups is 1. The number of methoxy groups -OCH3 is 2. The Morgan fingerprint density at radius 2 is 1.77 bits per heavy atom. The van der Waals surface area contributed by atoms with Gasteiger partial charge < -0.3 is 9.47 Å². The maximum absolute atomic E-state index is 5.03. The van der Waals surface area contributed by atoms with Crippen LogP contribution in [0.25, 0.3) is 0 Å². The smallest absolute Gasteiger partial charge is 0.219 e. The lowest BCUT2D eigenvalue weighted by molar-refractivity contribution is 0.281. The van der Waals surface area contributed by atoms with Crippen LogP contribution < -0.4 is 0 Å². The van der Waals surface area contributed by atoms with Crippen molar-refractivity contribution in [2.24, 2.45) is 4.99 Å². The van der Waals surface area contributed by atoms with Crippen LogP contribution in [0.2, 0.25) is 0 Å². The monoisotopic (exact) mass is 181 g/mol. The van der Waals surface area contributed by atoms with Crippen LogP contribution in [0.1, 0.15) is 6.92 Å². The second-order valence-corrected chi connectivity index (χ2v) is 2.25. The van der Waals surface area contributed by atoms with Crippen molar-refractivity contribution in [3.63, 3.8) is 0 Å². The first-order chi connectivity index (χ1) is 6.19. The third kappa shape index (κ3) is 3.60. The molecule has 0 aliphatic carbocycles. The highest BCUT2D eigenvalue weighted by atomic mass is 16.5. The highest BCUT2D eigenvalue weighted by molar-refractivity contribution is 5.87.